The minimum Gasteiger partial charge on any atom is -0.487 e. The summed E-state index contributed by atoms with van der Waals surface area (Å²) < 4.78 is 61.4. The van der Waals surface area contributed by atoms with Crippen molar-refractivity contribution in [1.82, 2.24) is 4.90 Å². The molecule has 0 bridgehead atoms. The van der Waals surface area contributed by atoms with Gasteiger partial charge in [-0.1, -0.05) is 56.8 Å². The van der Waals surface area contributed by atoms with Crippen molar-refractivity contribution in [1.29, 1.82) is 0 Å². The highest BCUT2D eigenvalue weighted by molar-refractivity contribution is 6.30. The van der Waals surface area contributed by atoms with Crippen molar-refractivity contribution in [2.24, 2.45) is 5.92 Å². The first-order chi connectivity index (χ1) is 18.4. The number of aliphatic carboxylic acids is 1. The molecule has 0 radical (unpaired) electrons. The van der Waals surface area contributed by atoms with E-state index in [1.807, 2.05) is 30.0 Å². The number of rotatable bonds is 6. The molecule has 3 aliphatic rings. The SMILES string of the molecule is C1CC1.CCC(c1cc(C(F)(F)F)cc(Cl)c1F)N1CCC2(CCc3ccc(CC(C)C(=O)O)cc3O2)CC1. The molecule has 2 aromatic rings. The van der Waals surface area contributed by atoms with Crippen molar-refractivity contribution in [2.45, 2.75) is 89.5 Å². The monoisotopic (exact) mass is 569 g/mol. The van der Waals surface area contributed by atoms with Crippen LogP contribution in [0.1, 0.15) is 87.1 Å². The summed E-state index contributed by atoms with van der Waals surface area (Å²) in [6, 6.07) is 6.86. The fourth-order valence-electron chi connectivity index (χ4n) is 5.40. The molecule has 1 N–H and O–H groups in total. The number of nitrogens with zero attached hydrogens (tertiary/aromatic N) is 1. The third kappa shape index (κ3) is 7.26. The number of alkyl halides is 3. The number of carbonyl (C=O) groups is 1. The molecule has 39 heavy (non-hydrogen) atoms. The summed E-state index contributed by atoms with van der Waals surface area (Å²) in [5.74, 6) is -1.38. The summed E-state index contributed by atoms with van der Waals surface area (Å²) in [5.41, 5.74) is 0.613. The van der Waals surface area contributed by atoms with E-state index in [0.29, 0.717) is 44.8 Å². The van der Waals surface area contributed by atoms with Crippen LogP contribution in [0.3, 0.4) is 0 Å². The highest BCUT2D eigenvalue weighted by Crippen LogP contribution is 2.43. The summed E-state index contributed by atoms with van der Waals surface area (Å²) in [5, 5.41) is 8.70. The van der Waals surface area contributed by atoms with Crippen LogP contribution in [0.15, 0.2) is 30.3 Å². The Morgan fingerprint density at radius 1 is 1.13 bits per heavy atom. The first-order valence-corrected chi connectivity index (χ1v) is 14.1. The molecule has 4 nitrogen and oxygen atoms in total. The fraction of sp³-hybridized carbons (Fsp3) is 0.567. The van der Waals surface area contributed by atoms with Gasteiger partial charge in [0.15, 0.2) is 0 Å². The fourth-order valence-corrected chi connectivity index (χ4v) is 5.63. The van der Waals surface area contributed by atoms with E-state index in [0.717, 1.165) is 35.8 Å². The Hall–Kier alpha value is -2.32. The van der Waals surface area contributed by atoms with Gasteiger partial charge in [0, 0.05) is 24.7 Å². The highest BCUT2D eigenvalue weighted by Gasteiger charge is 2.42. The molecule has 2 fully saturated rings. The predicted molar refractivity (Wildman–Crippen MR) is 143 cm³/mol. The van der Waals surface area contributed by atoms with E-state index in [1.54, 1.807) is 6.92 Å². The molecule has 0 aromatic heterocycles. The zero-order valence-electron chi connectivity index (χ0n) is 22.4. The molecule has 1 spiro atoms. The van der Waals surface area contributed by atoms with Crippen molar-refractivity contribution in [3.05, 3.63) is 63.4 Å². The largest absolute Gasteiger partial charge is 0.487 e. The minimum absolute atomic E-state index is 0.0274. The molecule has 1 saturated carbocycles. The lowest BCUT2D eigenvalue weighted by molar-refractivity contribution is -0.141. The number of fused-ring (bicyclic) bond motifs is 1. The average molecular weight is 570 g/mol. The third-order valence-corrected chi connectivity index (χ3v) is 8.18. The second-order valence-electron chi connectivity index (χ2n) is 11.1. The lowest BCUT2D eigenvalue weighted by atomic mass is 9.82. The molecule has 1 aliphatic carbocycles. The number of piperidine rings is 1. The van der Waals surface area contributed by atoms with Crippen LogP contribution in [0.25, 0.3) is 0 Å². The van der Waals surface area contributed by atoms with Gasteiger partial charge in [0.25, 0.3) is 0 Å². The Labute approximate surface area is 232 Å². The first-order valence-electron chi connectivity index (χ1n) is 13.8. The van der Waals surface area contributed by atoms with Gasteiger partial charge in [-0.15, -0.1) is 0 Å². The van der Waals surface area contributed by atoms with Gasteiger partial charge in [-0.25, -0.2) is 4.39 Å². The molecular formula is C30H36ClF4NO3. The molecule has 5 rings (SSSR count). The third-order valence-electron chi connectivity index (χ3n) is 7.90. The number of aryl methyl sites for hydroxylation is 1. The Bertz CT molecular complexity index is 1170. The van der Waals surface area contributed by atoms with Gasteiger partial charge in [0.2, 0.25) is 0 Å². The molecule has 214 valence electrons. The second-order valence-corrected chi connectivity index (χ2v) is 11.5. The minimum atomic E-state index is -4.61. The second kappa shape index (κ2) is 12.0. The van der Waals surface area contributed by atoms with E-state index in [9.17, 15) is 27.5 Å². The van der Waals surface area contributed by atoms with Gasteiger partial charge in [-0.05, 0) is 67.9 Å². The van der Waals surface area contributed by atoms with Gasteiger partial charge in [-0.3, -0.25) is 9.69 Å². The van der Waals surface area contributed by atoms with Crippen LogP contribution >= 0.6 is 11.6 Å². The van der Waals surface area contributed by atoms with Gasteiger partial charge in [-0.2, -0.15) is 13.2 Å². The molecule has 2 aromatic carbocycles. The number of hydrogen-bond donors (Lipinski definition) is 1. The number of hydrogen-bond acceptors (Lipinski definition) is 3. The normalized spacial score (nSPS) is 19.8. The molecule has 1 saturated heterocycles. The smallest absolute Gasteiger partial charge is 0.416 e. The summed E-state index contributed by atoms with van der Waals surface area (Å²) in [6.07, 6.45) is 3.71. The Balaban J connectivity index is 0.00000110. The van der Waals surface area contributed by atoms with E-state index in [2.05, 4.69) is 0 Å². The number of benzene rings is 2. The summed E-state index contributed by atoms with van der Waals surface area (Å²) in [7, 11) is 0. The van der Waals surface area contributed by atoms with E-state index < -0.39 is 46.1 Å². The summed E-state index contributed by atoms with van der Waals surface area (Å²) in [6.45, 7) is 4.60. The van der Waals surface area contributed by atoms with Crippen molar-refractivity contribution in [3.8, 4) is 5.75 Å². The molecule has 9 heteroatoms. The van der Waals surface area contributed by atoms with Crippen LogP contribution < -0.4 is 4.74 Å². The molecule has 2 heterocycles. The first kappa shape index (κ1) is 29.7. The highest BCUT2D eigenvalue weighted by atomic mass is 35.5. The Kier molecular flexibility index (Phi) is 9.16. The van der Waals surface area contributed by atoms with Gasteiger partial charge in [0.05, 0.1) is 16.5 Å². The number of ether oxygens (including phenoxy) is 1. The maximum atomic E-state index is 14.9. The number of carboxylic acid groups (broad SMARTS) is 1. The van der Waals surface area contributed by atoms with E-state index in [-0.39, 0.29) is 5.56 Å². The zero-order valence-corrected chi connectivity index (χ0v) is 23.2. The van der Waals surface area contributed by atoms with E-state index in [1.165, 1.54) is 19.3 Å². The Morgan fingerprint density at radius 2 is 1.79 bits per heavy atom. The lowest BCUT2D eigenvalue weighted by Crippen LogP contribution is -2.50. The van der Waals surface area contributed by atoms with Crippen LogP contribution in [-0.2, 0) is 23.8 Å². The van der Waals surface area contributed by atoms with Crippen molar-refractivity contribution < 1.29 is 32.2 Å². The number of halogens is 5. The number of likely N-dealkylation sites (tertiary alicyclic amines) is 1. The molecule has 2 unspecified atom stereocenters. The standard InChI is InChI=1S/C27H30ClF4NO3.C3H6/c1-3-22(20-14-19(27(30,31)32)15-21(28)24(20)29)33-10-8-26(9-11-33)7-6-18-5-4-17(13-23(18)36-26)12-16(2)25(34)35;1-2-3-1/h4-5,13-16,22H,3,6-12H2,1-2H3,(H,34,35);1-3H2. The molecule has 0 amide bonds. The van der Waals surface area contributed by atoms with Crippen LogP contribution in [0, 0.1) is 11.7 Å². The van der Waals surface area contributed by atoms with E-state index >= 15 is 0 Å². The topological polar surface area (TPSA) is 49.8 Å². The van der Waals surface area contributed by atoms with Gasteiger partial charge >= 0.3 is 12.1 Å². The maximum absolute atomic E-state index is 14.9. The Morgan fingerprint density at radius 3 is 2.36 bits per heavy atom. The zero-order chi connectivity index (χ0) is 28.4. The summed E-state index contributed by atoms with van der Waals surface area (Å²) >= 11 is 5.84. The predicted octanol–water partition coefficient (Wildman–Crippen LogP) is 8.24. The average Bonchev–Trinajstić information content (AvgIpc) is 3.77. The lowest BCUT2D eigenvalue weighted by Gasteiger charge is -2.46. The number of carboxylic acids is 1. The maximum Gasteiger partial charge on any atom is 0.416 e. The summed E-state index contributed by atoms with van der Waals surface area (Å²) in [4.78, 5) is 13.3. The van der Waals surface area contributed by atoms with Gasteiger partial charge in [0.1, 0.15) is 17.2 Å². The van der Waals surface area contributed by atoms with Crippen LogP contribution in [-0.4, -0.2) is 34.7 Å². The molecule has 2 aliphatic heterocycles. The van der Waals surface area contributed by atoms with Crippen LogP contribution in [0.2, 0.25) is 5.02 Å². The van der Waals surface area contributed by atoms with Crippen molar-refractivity contribution in [3.63, 3.8) is 0 Å². The van der Waals surface area contributed by atoms with Crippen molar-refractivity contribution >= 4 is 17.6 Å². The molecule has 2 atom stereocenters. The van der Waals surface area contributed by atoms with Crippen molar-refractivity contribution in [2.75, 3.05) is 13.1 Å². The van der Waals surface area contributed by atoms with Gasteiger partial charge < -0.3 is 9.84 Å². The van der Waals surface area contributed by atoms with Crippen LogP contribution in [0.5, 0.6) is 5.75 Å². The van der Waals surface area contributed by atoms with Crippen LogP contribution in [0.4, 0.5) is 17.6 Å². The molecular weight excluding hydrogens is 534 g/mol. The van der Waals surface area contributed by atoms with E-state index in [4.69, 9.17) is 16.3 Å². The quantitative estimate of drug-likeness (QED) is 0.356.